The molecule has 0 fully saturated rings. The molecule has 8 heteroatoms. The fourth-order valence-electron chi connectivity index (χ4n) is 1.33. The lowest BCUT2D eigenvalue weighted by atomic mass is 10.4. The van der Waals surface area contributed by atoms with Crippen LogP contribution < -0.4 is 10.5 Å². The van der Waals surface area contributed by atoms with Crippen LogP contribution in [-0.2, 0) is 23.1 Å². The van der Waals surface area contributed by atoms with Crippen LogP contribution in [0.3, 0.4) is 0 Å². The van der Waals surface area contributed by atoms with Gasteiger partial charge in [0, 0.05) is 25.1 Å². The second kappa shape index (κ2) is 5.25. The highest BCUT2D eigenvalue weighted by Crippen LogP contribution is 2.08. The first-order valence-electron chi connectivity index (χ1n) is 5.25. The number of H-pyrrole nitrogens is 1. The second-order valence-corrected chi connectivity index (χ2v) is 5.32. The van der Waals surface area contributed by atoms with Gasteiger partial charge in [0.1, 0.15) is 10.7 Å². The zero-order chi connectivity index (χ0) is 13.0. The Labute approximate surface area is 105 Å². The zero-order valence-electron chi connectivity index (χ0n) is 9.50. The maximum absolute atomic E-state index is 11.9. The minimum atomic E-state index is -3.57. The average molecular weight is 267 g/mol. The van der Waals surface area contributed by atoms with Crippen LogP contribution >= 0.6 is 0 Å². The first kappa shape index (κ1) is 12.7. The SMILES string of the molecule is NCc1ccc(S(=O)(=O)NCc2ncc[nH]2)cn1. The van der Waals surface area contributed by atoms with Gasteiger partial charge in [-0.2, -0.15) is 0 Å². The molecule has 0 aromatic carbocycles. The van der Waals surface area contributed by atoms with Crippen molar-refractivity contribution in [2.45, 2.75) is 18.0 Å². The third-order valence-corrected chi connectivity index (χ3v) is 3.69. The van der Waals surface area contributed by atoms with Gasteiger partial charge < -0.3 is 10.7 Å². The third-order valence-electron chi connectivity index (χ3n) is 2.30. The number of aromatic nitrogens is 3. The molecular weight excluding hydrogens is 254 g/mol. The second-order valence-electron chi connectivity index (χ2n) is 3.55. The number of hydrogen-bond donors (Lipinski definition) is 3. The first-order chi connectivity index (χ1) is 8.62. The molecule has 2 heterocycles. The van der Waals surface area contributed by atoms with Crippen molar-refractivity contribution < 1.29 is 8.42 Å². The van der Waals surface area contributed by atoms with Crippen molar-refractivity contribution >= 4 is 10.0 Å². The van der Waals surface area contributed by atoms with Crippen LogP contribution in [0.5, 0.6) is 0 Å². The van der Waals surface area contributed by atoms with E-state index in [0.29, 0.717) is 11.5 Å². The summed E-state index contributed by atoms with van der Waals surface area (Å²) in [5.41, 5.74) is 6.03. The topological polar surface area (TPSA) is 114 Å². The van der Waals surface area contributed by atoms with Crippen molar-refractivity contribution in [3.63, 3.8) is 0 Å². The lowest BCUT2D eigenvalue weighted by molar-refractivity contribution is 0.579. The summed E-state index contributed by atoms with van der Waals surface area (Å²) in [4.78, 5) is 10.8. The Balaban J connectivity index is 2.09. The zero-order valence-corrected chi connectivity index (χ0v) is 10.3. The number of rotatable bonds is 5. The molecule has 7 nitrogen and oxygen atoms in total. The Morgan fingerprint density at radius 1 is 1.33 bits per heavy atom. The van der Waals surface area contributed by atoms with E-state index >= 15 is 0 Å². The number of imidazole rings is 1. The Morgan fingerprint density at radius 2 is 2.17 bits per heavy atom. The van der Waals surface area contributed by atoms with E-state index in [2.05, 4.69) is 19.7 Å². The molecule has 96 valence electrons. The molecule has 2 rings (SSSR count). The highest BCUT2D eigenvalue weighted by molar-refractivity contribution is 7.89. The summed E-state index contributed by atoms with van der Waals surface area (Å²) in [6.07, 6.45) is 4.47. The Bertz CT molecular complexity index is 592. The maximum Gasteiger partial charge on any atom is 0.242 e. The van der Waals surface area contributed by atoms with Crippen molar-refractivity contribution in [1.82, 2.24) is 19.7 Å². The number of aromatic amines is 1. The summed E-state index contributed by atoms with van der Waals surface area (Å²) in [5.74, 6) is 0.546. The maximum atomic E-state index is 11.9. The Kier molecular flexibility index (Phi) is 3.70. The molecule has 2 aromatic heterocycles. The lowest BCUT2D eigenvalue weighted by Crippen LogP contribution is -2.24. The van der Waals surface area contributed by atoms with E-state index in [1.54, 1.807) is 18.5 Å². The van der Waals surface area contributed by atoms with E-state index in [1.165, 1.54) is 12.3 Å². The summed E-state index contributed by atoms with van der Waals surface area (Å²) in [6, 6.07) is 3.06. The number of hydrogen-bond acceptors (Lipinski definition) is 5. The normalized spacial score (nSPS) is 11.6. The summed E-state index contributed by atoms with van der Waals surface area (Å²) >= 11 is 0. The minimum Gasteiger partial charge on any atom is -0.347 e. The number of nitrogens with zero attached hydrogens (tertiary/aromatic N) is 2. The minimum absolute atomic E-state index is 0.103. The smallest absolute Gasteiger partial charge is 0.242 e. The highest BCUT2D eigenvalue weighted by atomic mass is 32.2. The van der Waals surface area contributed by atoms with E-state index in [-0.39, 0.29) is 18.0 Å². The molecule has 0 bridgehead atoms. The molecule has 0 aliphatic heterocycles. The van der Waals surface area contributed by atoms with Gasteiger partial charge in [-0.15, -0.1) is 0 Å². The van der Waals surface area contributed by atoms with Crippen LogP contribution in [0.25, 0.3) is 0 Å². The standard InChI is InChI=1S/C10H13N5O2S/c11-5-8-1-2-9(6-14-8)18(16,17)15-7-10-12-3-4-13-10/h1-4,6,15H,5,7,11H2,(H,12,13). The largest absolute Gasteiger partial charge is 0.347 e. The monoisotopic (exact) mass is 267 g/mol. The van der Waals surface area contributed by atoms with Gasteiger partial charge in [-0.25, -0.2) is 18.1 Å². The molecule has 2 aromatic rings. The van der Waals surface area contributed by atoms with Crippen LogP contribution in [0.4, 0.5) is 0 Å². The number of pyridine rings is 1. The molecule has 0 spiro atoms. The van der Waals surface area contributed by atoms with Gasteiger partial charge in [0.15, 0.2) is 0 Å². The van der Waals surface area contributed by atoms with Gasteiger partial charge in [0.2, 0.25) is 10.0 Å². The summed E-state index contributed by atoms with van der Waals surface area (Å²) in [5, 5.41) is 0. The van der Waals surface area contributed by atoms with Crippen molar-refractivity contribution in [1.29, 1.82) is 0 Å². The fourth-order valence-corrected chi connectivity index (χ4v) is 2.26. The summed E-state index contributed by atoms with van der Waals surface area (Å²) in [7, 11) is -3.57. The number of sulfonamides is 1. The van der Waals surface area contributed by atoms with Gasteiger partial charge >= 0.3 is 0 Å². The van der Waals surface area contributed by atoms with Gasteiger partial charge in [-0.1, -0.05) is 0 Å². The van der Waals surface area contributed by atoms with Crippen LogP contribution in [0.15, 0.2) is 35.6 Å². The average Bonchev–Trinajstić information content (AvgIpc) is 2.90. The van der Waals surface area contributed by atoms with E-state index in [4.69, 9.17) is 5.73 Å². The van der Waals surface area contributed by atoms with Gasteiger partial charge in [-0.05, 0) is 12.1 Å². The van der Waals surface area contributed by atoms with Crippen LogP contribution in [0, 0.1) is 0 Å². The van der Waals surface area contributed by atoms with E-state index in [0.717, 1.165) is 0 Å². The summed E-state index contributed by atoms with van der Waals surface area (Å²) < 4.78 is 26.2. The van der Waals surface area contributed by atoms with Crippen LogP contribution in [-0.4, -0.2) is 23.4 Å². The molecule has 0 radical (unpaired) electrons. The number of nitrogens with one attached hydrogen (secondary N) is 2. The lowest BCUT2D eigenvalue weighted by Gasteiger charge is -2.05. The molecule has 0 saturated carbocycles. The van der Waals surface area contributed by atoms with Crippen molar-refractivity contribution in [3.05, 3.63) is 42.2 Å². The highest BCUT2D eigenvalue weighted by Gasteiger charge is 2.14. The van der Waals surface area contributed by atoms with Crippen molar-refractivity contribution in [2.75, 3.05) is 0 Å². The molecule has 18 heavy (non-hydrogen) atoms. The third kappa shape index (κ3) is 2.92. The van der Waals surface area contributed by atoms with Gasteiger partial charge in [0.05, 0.1) is 12.2 Å². The predicted molar refractivity (Wildman–Crippen MR) is 64.7 cm³/mol. The van der Waals surface area contributed by atoms with Crippen LogP contribution in [0.2, 0.25) is 0 Å². The molecule has 0 atom stereocenters. The van der Waals surface area contributed by atoms with Crippen molar-refractivity contribution in [2.24, 2.45) is 5.73 Å². The molecule has 0 amide bonds. The Hall–Kier alpha value is -1.77. The molecule has 0 aliphatic rings. The van der Waals surface area contributed by atoms with Gasteiger partial charge in [-0.3, -0.25) is 4.98 Å². The van der Waals surface area contributed by atoms with E-state index in [9.17, 15) is 8.42 Å². The summed E-state index contributed by atoms with van der Waals surface area (Å²) in [6.45, 7) is 0.383. The molecular formula is C10H13N5O2S. The molecule has 0 unspecified atom stereocenters. The van der Waals surface area contributed by atoms with Crippen molar-refractivity contribution in [3.8, 4) is 0 Å². The van der Waals surface area contributed by atoms with E-state index < -0.39 is 10.0 Å². The first-order valence-corrected chi connectivity index (χ1v) is 6.73. The number of nitrogens with two attached hydrogens (primary N) is 1. The molecule has 4 N–H and O–H groups in total. The fraction of sp³-hybridized carbons (Fsp3) is 0.200. The quantitative estimate of drug-likeness (QED) is 0.690. The Morgan fingerprint density at radius 3 is 2.72 bits per heavy atom. The van der Waals surface area contributed by atoms with Gasteiger partial charge in [0.25, 0.3) is 0 Å². The molecule has 0 aliphatic carbocycles. The predicted octanol–water partition coefficient (Wildman–Crippen LogP) is -0.258. The van der Waals surface area contributed by atoms with E-state index in [1.807, 2.05) is 0 Å². The molecule has 0 saturated heterocycles. The van der Waals surface area contributed by atoms with Crippen LogP contribution in [0.1, 0.15) is 11.5 Å².